The van der Waals surface area contributed by atoms with Gasteiger partial charge in [0.2, 0.25) is 0 Å². The van der Waals surface area contributed by atoms with Crippen LogP contribution < -0.4 is 10.6 Å². The van der Waals surface area contributed by atoms with Crippen LogP contribution in [0.5, 0.6) is 0 Å². The van der Waals surface area contributed by atoms with Crippen molar-refractivity contribution in [1.82, 2.24) is 15.7 Å². The first kappa shape index (κ1) is 5.97. The lowest BCUT2D eigenvalue weighted by atomic mass is 10.6. The molecular weight excluding hydrogens is 106 g/mol. The Balaban J connectivity index is 2.17. The van der Waals surface area contributed by atoms with Crippen LogP contribution in [0.1, 0.15) is 0 Å². The molecule has 1 rings (SSSR count). The maximum absolute atomic E-state index is 8.80. The van der Waals surface area contributed by atoms with Crippen molar-refractivity contribution in [2.45, 2.75) is 0 Å². The van der Waals surface area contributed by atoms with E-state index in [1.165, 1.54) is 5.06 Å². The largest absolute Gasteiger partial charge is 0.311 e. The quantitative estimate of drug-likeness (QED) is 0.372. The minimum absolute atomic E-state index is 0.562. The molecule has 0 unspecified atom stereocenters. The highest BCUT2D eigenvalue weighted by molar-refractivity contribution is 4.53. The van der Waals surface area contributed by atoms with E-state index in [0.29, 0.717) is 13.3 Å². The second-order valence-electron chi connectivity index (χ2n) is 1.82. The highest BCUT2D eigenvalue weighted by atomic mass is 16.5. The smallest absolute Gasteiger partial charge is 0.0744 e. The fourth-order valence-corrected chi connectivity index (χ4v) is 0.649. The molecule has 0 atom stereocenters. The van der Waals surface area contributed by atoms with Gasteiger partial charge < -0.3 is 15.8 Å². The topological polar surface area (TPSA) is 47.5 Å². The minimum atomic E-state index is 0.562. The van der Waals surface area contributed by atoms with Crippen molar-refractivity contribution in [3.63, 3.8) is 0 Å². The lowest BCUT2D eigenvalue weighted by Crippen LogP contribution is -2.31. The number of hydroxylamine groups is 2. The second kappa shape index (κ2) is 2.99. The number of nitrogens with zero attached hydrogens (tertiary/aromatic N) is 1. The highest BCUT2D eigenvalue weighted by Crippen LogP contribution is 1.76. The lowest BCUT2D eigenvalue weighted by molar-refractivity contribution is -0.0963. The van der Waals surface area contributed by atoms with Gasteiger partial charge in [-0.05, 0) is 0 Å². The molecule has 0 saturated carbocycles. The van der Waals surface area contributed by atoms with E-state index in [2.05, 4.69) is 10.6 Å². The normalized spacial score (nSPS) is 25.1. The predicted octanol–water partition coefficient (Wildman–Crippen LogP) is -1.21. The fourth-order valence-electron chi connectivity index (χ4n) is 0.649. The van der Waals surface area contributed by atoms with E-state index in [-0.39, 0.29) is 0 Å². The molecule has 1 heterocycles. The third-order valence-corrected chi connectivity index (χ3v) is 1.07. The van der Waals surface area contributed by atoms with Gasteiger partial charge in [-0.25, -0.2) is 0 Å². The van der Waals surface area contributed by atoms with E-state index in [1.807, 2.05) is 0 Å². The Kier molecular flexibility index (Phi) is 2.23. The molecule has 4 heteroatoms. The monoisotopic (exact) mass is 117 g/mol. The molecule has 1 saturated heterocycles. The van der Waals surface area contributed by atoms with Gasteiger partial charge >= 0.3 is 0 Å². The molecule has 1 aliphatic rings. The molecule has 0 radical (unpaired) electrons. The zero-order chi connectivity index (χ0) is 5.82. The van der Waals surface area contributed by atoms with Crippen LogP contribution in [-0.4, -0.2) is 36.7 Å². The Labute approximate surface area is 48.4 Å². The molecule has 3 N–H and O–H groups in total. The summed E-state index contributed by atoms with van der Waals surface area (Å²) >= 11 is 0. The van der Waals surface area contributed by atoms with Crippen LogP contribution in [0, 0.1) is 0 Å². The van der Waals surface area contributed by atoms with Crippen molar-refractivity contribution in [3.05, 3.63) is 0 Å². The number of hydrogen-bond acceptors (Lipinski definition) is 4. The van der Waals surface area contributed by atoms with Gasteiger partial charge in [0.15, 0.2) is 0 Å². The predicted molar refractivity (Wildman–Crippen MR) is 29.4 cm³/mol. The lowest BCUT2D eigenvalue weighted by Gasteiger charge is -2.08. The van der Waals surface area contributed by atoms with Crippen molar-refractivity contribution >= 4 is 0 Å². The summed E-state index contributed by atoms with van der Waals surface area (Å²) in [5.41, 5.74) is 0. The highest BCUT2D eigenvalue weighted by Gasteiger charge is 2.01. The molecule has 0 aliphatic carbocycles. The van der Waals surface area contributed by atoms with Gasteiger partial charge in [-0.2, -0.15) is 5.06 Å². The Hall–Kier alpha value is -0.160. The first-order valence-corrected chi connectivity index (χ1v) is 2.75. The van der Waals surface area contributed by atoms with Gasteiger partial charge in [-0.1, -0.05) is 0 Å². The van der Waals surface area contributed by atoms with Crippen molar-refractivity contribution in [2.75, 3.05) is 26.4 Å². The Morgan fingerprint density at radius 2 is 1.62 bits per heavy atom. The van der Waals surface area contributed by atoms with Crippen LogP contribution in [0.25, 0.3) is 0 Å². The molecule has 4 nitrogen and oxygen atoms in total. The molecule has 48 valence electrons. The van der Waals surface area contributed by atoms with E-state index >= 15 is 0 Å². The third kappa shape index (κ3) is 1.75. The maximum Gasteiger partial charge on any atom is 0.0744 e. The molecule has 1 fully saturated rings. The SMILES string of the molecule is ON1CNCCNC1. The van der Waals surface area contributed by atoms with Gasteiger partial charge in [0.1, 0.15) is 0 Å². The average Bonchev–Trinajstić information content (AvgIpc) is 1.94. The van der Waals surface area contributed by atoms with Gasteiger partial charge in [0.25, 0.3) is 0 Å². The van der Waals surface area contributed by atoms with Crippen molar-refractivity contribution in [3.8, 4) is 0 Å². The summed E-state index contributed by atoms with van der Waals surface area (Å²) < 4.78 is 0. The number of hydrogen-bond donors (Lipinski definition) is 3. The molecule has 0 aromatic heterocycles. The average molecular weight is 117 g/mol. The fraction of sp³-hybridized carbons (Fsp3) is 1.00. The molecule has 0 spiro atoms. The molecule has 0 amide bonds. The molecule has 0 aromatic rings. The number of rotatable bonds is 0. The zero-order valence-corrected chi connectivity index (χ0v) is 4.72. The van der Waals surface area contributed by atoms with Crippen LogP contribution in [-0.2, 0) is 0 Å². The summed E-state index contributed by atoms with van der Waals surface area (Å²) in [5.74, 6) is 0. The minimum Gasteiger partial charge on any atom is -0.311 e. The summed E-state index contributed by atoms with van der Waals surface area (Å²) in [7, 11) is 0. The van der Waals surface area contributed by atoms with Crippen molar-refractivity contribution < 1.29 is 5.21 Å². The Bertz CT molecular complexity index is 60.3. The Morgan fingerprint density at radius 1 is 1.12 bits per heavy atom. The van der Waals surface area contributed by atoms with Gasteiger partial charge in [-0.15, -0.1) is 0 Å². The van der Waals surface area contributed by atoms with Crippen molar-refractivity contribution in [2.24, 2.45) is 0 Å². The van der Waals surface area contributed by atoms with Gasteiger partial charge in [0.05, 0.1) is 13.3 Å². The maximum atomic E-state index is 8.80. The summed E-state index contributed by atoms with van der Waals surface area (Å²) in [5, 5.41) is 16.0. The summed E-state index contributed by atoms with van der Waals surface area (Å²) in [6.45, 7) is 2.98. The molecule has 1 aliphatic heterocycles. The summed E-state index contributed by atoms with van der Waals surface area (Å²) in [4.78, 5) is 0. The van der Waals surface area contributed by atoms with E-state index in [1.54, 1.807) is 0 Å². The van der Waals surface area contributed by atoms with Crippen LogP contribution >= 0.6 is 0 Å². The van der Waals surface area contributed by atoms with Crippen molar-refractivity contribution in [1.29, 1.82) is 0 Å². The summed E-state index contributed by atoms with van der Waals surface area (Å²) in [6.07, 6.45) is 0. The Morgan fingerprint density at radius 3 is 2.12 bits per heavy atom. The molecule has 0 aromatic carbocycles. The number of nitrogens with one attached hydrogen (secondary N) is 2. The van der Waals surface area contributed by atoms with E-state index in [4.69, 9.17) is 5.21 Å². The van der Waals surface area contributed by atoms with E-state index in [9.17, 15) is 0 Å². The molecule has 8 heavy (non-hydrogen) atoms. The standard InChI is InChI=1S/C4H11N3O/c8-7-3-5-1-2-6-4-7/h5-6,8H,1-4H2. The first-order valence-electron chi connectivity index (χ1n) is 2.75. The van der Waals surface area contributed by atoms with Crippen LogP contribution in [0.15, 0.2) is 0 Å². The zero-order valence-electron chi connectivity index (χ0n) is 4.72. The van der Waals surface area contributed by atoms with Crippen LogP contribution in [0.2, 0.25) is 0 Å². The summed E-state index contributed by atoms with van der Waals surface area (Å²) in [6, 6.07) is 0. The molecule has 0 bridgehead atoms. The van der Waals surface area contributed by atoms with Crippen LogP contribution in [0.3, 0.4) is 0 Å². The van der Waals surface area contributed by atoms with Gasteiger partial charge in [-0.3, -0.25) is 0 Å². The third-order valence-electron chi connectivity index (χ3n) is 1.07. The second-order valence-corrected chi connectivity index (χ2v) is 1.82. The molecular formula is C4H11N3O. The van der Waals surface area contributed by atoms with E-state index in [0.717, 1.165) is 13.1 Å². The first-order chi connectivity index (χ1) is 3.89. The van der Waals surface area contributed by atoms with E-state index < -0.39 is 0 Å². The van der Waals surface area contributed by atoms with Crippen LogP contribution in [0.4, 0.5) is 0 Å². The van der Waals surface area contributed by atoms with Gasteiger partial charge in [0, 0.05) is 13.1 Å².